The Bertz CT molecular complexity index is 1570. The van der Waals surface area contributed by atoms with Gasteiger partial charge in [0.25, 0.3) is 0 Å². The van der Waals surface area contributed by atoms with Crippen molar-refractivity contribution < 1.29 is 18.9 Å². The second-order valence-corrected chi connectivity index (χ2v) is 13.1. The van der Waals surface area contributed by atoms with E-state index in [1.54, 1.807) is 28.4 Å². The second-order valence-electron chi connectivity index (χ2n) is 13.1. The molecule has 2 aromatic carbocycles. The smallest absolute Gasteiger partial charge is 0.203 e. The Morgan fingerprint density at radius 2 is 1.59 bits per heavy atom. The molecule has 0 radical (unpaired) electrons. The SMILES string of the molecule is CC.COc1cc(C2C=C(CN3CCC(CNCc4ccnc(-c5cc(OC)c(OC)c(OC)c5)c4)CC3)C=CN2)cc(C2CCC2)c1C. The fraction of sp³-hybridized carbons (Fsp3) is 0.488. The first-order valence-electron chi connectivity index (χ1n) is 18.0. The van der Waals surface area contributed by atoms with Crippen molar-refractivity contribution in [2.24, 2.45) is 5.92 Å². The van der Waals surface area contributed by atoms with Gasteiger partial charge in [0, 0.05) is 24.8 Å². The van der Waals surface area contributed by atoms with Crippen LogP contribution in [0.5, 0.6) is 23.0 Å². The Morgan fingerprint density at radius 3 is 2.22 bits per heavy atom. The van der Waals surface area contributed by atoms with Crippen molar-refractivity contribution in [3.63, 3.8) is 0 Å². The Balaban J connectivity index is 0.00000230. The molecule has 3 heterocycles. The number of ether oxygens (including phenoxy) is 4. The van der Waals surface area contributed by atoms with Crippen LogP contribution in [0.15, 0.2) is 66.5 Å². The molecule has 1 aliphatic carbocycles. The number of nitrogens with zero attached hydrogens (tertiary/aromatic N) is 2. The van der Waals surface area contributed by atoms with Crippen molar-refractivity contribution in [2.45, 2.75) is 71.4 Å². The summed E-state index contributed by atoms with van der Waals surface area (Å²) in [6.45, 7) is 11.3. The predicted octanol–water partition coefficient (Wildman–Crippen LogP) is 7.97. The first kappa shape index (κ1) is 36.3. The molecule has 1 aromatic heterocycles. The van der Waals surface area contributed by atoms with Crippen LogP contribution in [0.4, 0.5) is 0 Å². The Hall–Kier alpha value is -4.01. The van der Waals surface area contributed by atoms with E-state index in [1.165, 1.54) is 59.9 Å². The first-order valence-corrected chi connectivity index (χ1v) is 18.0. The number of benzene rings is 2. The van der Waals surface area contributed by atoms with Gasteiger partial charge in [-0.3, -0.25) is 9.88 Å². The van der Waals surface area contributed by atoms with E-state index < -0.39 is 0 Å². The van der Waals surface area contributed by atoms with Crippen LogP contribution in [0, 0.1) is 12.8 Å². The number of hydrogen-bond donors (Lipinski definition) is 2. The van der Waals surface area contributed by atoms with E-state index in [1.807, 2.05) is 32.2 Å². The van der Waals surface area contributed by atoms with E-state index in [0.29, 0.717) is 29.1 Å². The third-order valence-corrected chi connectivity index (χ3v) is 10.2. The van der Waals surface area contributed by atoms with Gasteiger partial charge in [0.2, 0.25) is 5.75 Å². The molecule has 1 atom stereocenters. The number of rotatable bonds is 13. The van der Waals surface area contributed by atoms with Gasteiger partial charge in [-0.25, -0.2) is 0 Å². The van der Waals surface area contributed by atoms with Crippen LogP contribution in [0.1, 0.15) is 80.2 Å². The van der Waals surface area contributed by atoms with Crippen LogP contribution < -0.4 is 29.6 Å². The monoisotopic (exact) mass is 668 g/mol. The highest BCUT2D eigenvalue weighted by Crippen LogP contribution is 2.42. The largest absolute Gasteiger partial charge is 0.496 e. The summed E-state index contributed by atoms with van der Waals surface area (Å²) in [6, 6.07) is 12.9. The van der Waals surface area contributed by atoms with Gasteiger partial charge in [0.05, 0.1) is 40.2 Å². The van der Waals surface area contributed by atoms with E-state index in [9.17, 15) is 0 Å². The lowest BCUT2D eigenvalue weighted by Crippen LogP contribution is -2.38. The van der Waals surface area contributed by atoms with Gasteiger partial charge in [-0.1, -0.05) is 32.4 Å². The number of hydrogen-bond acceptors (Lipinski definition) is 8. The summed E-state index contributed by atoms with van der Waals surface area (Å²) in [6.07, 6.45) is 15.0. The summed E-state index contributed by atoms with van der Waals surface area (Å²) in [5, 5.41) is 7.30. The molecule has 2 N–H and O–H groups in total. The van der Waals surface area contributed by atoms with E-state index in [2.05, 4.69) is 70.1 Å². The summed E-state index contributed by atoms with van der Waals surface area (Å²) in [5.41, 5.74) is 8.45. The van der Waals surface area contributed by atoms with Crippen LogP contribution in [0.2, 0.25) is 0 Å². The second kappa shape index (κ2) is 17.6. The van der Waals surface area contributed by atoms with Crippen LogP contribution in [-0.2, 0) is 6.54 Å². The molecule has 0 amide bonds. The molecule has 2 aliphatic heterocycles. The maximum absolute atomic E-state index is 5.80. The minimum absolute atomic E-state index is 0.174. The zero-order valence-electron chi connectivity index (χ0n) is 30.6. The lowest BCUT2D eigenvalue weighted by Gasteiger charge is -2.33. The zero-order valence-corrected chi connectivity index (χ0v) is 30.6. The Morgan fingerprint density at radius 1 is 0.878 bits per heavy atom. The lowest BCUT2D eigenvalue weighted by atomic mass is 9.77. The van der Waals surface area contributed by atoms with Crippen molar-refractivity contribution in [3.8, 4) is 34.3 Å². The summed E-state index contributed by atoms with van der Waals surface area (Å²) in [4.78, 5) is 7.22. The number of aromatic nitrogens is 1. The van der Waals surface area contributed by atoms with E-state index >= 15 is 0 Å². The van der Waals surface area contributed by atoms with Crippen LogP contribution in [-0.4, -0.2) is 64.5 Å². The number of methoxy groups -OCH3 is 4. The summed E-state index contributed by atoms with van der Waals surface area (Å²) < 4.78 is 22.4. The third kappa shape index (κ3) is 8.78. The molecule has 1 saturated heterocycles. The van der Waals surface area contributed by atoms with Crippen molar-refractivity contribution in [1.29, 1.82) is 0 Å². The normalized spacial score (nSPS) is 18.0. The van der Waals surface area contributed by atoms with Gasteiger partial charge in [-0.2, -0.15) is 0 Å². The molecule has 1 saturated carbocycles. The average molecular weight is 669 g/mol. The Labute approximate surface area is 293 Å². The zero-order chi connectivity index (χ0) is 34.8. The highest BCUT2D eigenvalue weighted by Gasteiger charge is 2.25. The van der Waals surface area contributed by atoms with Gasteiger partial charge in [0.15, 0.2) is 11.5 Å². The van der Waals surface area contributed by atoms with E-state index in [-0.39, 0.29) is 6.04 Å². The highest BCUT2D eigenvalue weighted by atomic mass is 16.5. The van der Waals surface area contributed by atoms with E-state index in [0.717, 1.165) is 49.7 Å². The lowest BCUT2D eigenvalue weighted by molar-refractivity contribution is 0.195. The molecule has 2 fully saturated rings. The van der Waals surface area contributed by atoms with Crippen LogP contribution in [0.25, 0.3) is 11.3 Å². The van der Waals surface area contributed by atoms with Gasteiger partial charge in [-0.15, -0.1) is 0 Å². The maximum atomic E-state index is 5.80. The molecule has 0 bridgehead atoms. The number of nitrogens with one attached hydrogen (secondary N) is 2. The molecule has 3 aromatic rings. The fourth-order valence-corrected chi connectivity index (χ4v) is 7.14. The topological polar surface area (TPSA) is 77.1 Å². The quantitative estimate of drug-likeness (QED) is 0.190. The van der Waals surface area contributed by atoms with Gasteiger partial charge in [-0.05, 0) is 135 Å². The fourth-order valence-electron chi connectivity index (χ4n) is 7.14. The third-order valence-electron chi connectivity index (χ3n) is 10.2. The van der Waals surface area contributed by atoms with Gasteiger partial charge in [0.1, 0.15) is 5.75 Å². The predicted molar refractivity (Wildman–Crippen MR) is 199 cm³/mol. The molecule has 1 unspecified atom stereocenters. The average Bonchev–Trinajstić information content (AvgIpc) is 3.12. The van der Waals surface area contributed by atoms with Crippen molar-refractivity contribution >= 4 is 0 Å². The molecule has 6 rings (SSSR count). The molecule has 3 aliphatic rings. The standard InChI is InChI=1S/C39H50N4O4.C2H6/c1-26-33(30-7-6-8-30)19-31(20-36(26)44-2)35-18-29(10-14-42-35)25-43-15-11-27(12-16-43)23-40-24-28-9-13-41-34(17-28)32-21-37(45-3)39(47-5)38(22-32)46-4;1-2/h9-10,13-14,17-22,27,30,35,40,42H,6-8,11-12,15-16,23-25H2,1-5H3;1-2H3. The number of likely N-dealkylation sites (tertiary alicyclic amines) is 1. The van der Waals surface area contributed by atoms with E-state index in [4.69, 9.17) is 18.9 Å². The number of piperidine rings is 1. The van der Waals surface area contributed by atoms with Gasteiger partial charge >= 0.3 is 0 Å². The Kier molecular flexibility index (Phi) is 13.0. The minimum atomic E-state index is 0.174. The van der Waals surface area contributed by atoms with Crippen molar-refractivity contribution in [1.82, 2.24) is 20.5 Å². The molecule has 8 nitrogen and oxygen atoms in total. The minimum Gasteiger partial charge on any atom is -0.496 e. The molecule has 49 heavy (non-hydrogen) atoms. The molecular formula is C41H56N4O4. The summed E-state index contributed by atoms with van der Waals surface area (Å²) in [7, 11) is 6.67. The van der Waals surface area contributed by atoms with Crippen molar-refractivity contribution in [2.75, 3.05) is 54.6 Å². The molecule has 8 heteroatoms. The van der Waals surface area contributed by atoms with Gasteiger partial charge < -0.3 is 29.6 Å². The summed E-state index contributed by atoms with van der Waals surface area (Å²) in [5.74, 6) is 4.19. The molecule has 0 spiro atoms. The van der Waals surface area contributed by atoms with Crippen LogP contribution >= 0.6 is 0 Å². The molecule has 264 valence electrons. The van der Waals surface area contributed by atoms with Crippen LogP contribution in [0.3, 0.4) is 0 Å². The summed E-state index contributed by atoms with van der Waals surface area (Å²) >= 11 is 0. The highest BCUT2D eigenvalue weighted by molar-refractivity contribution is 5.69. The van der Waals surface area contributed by atoms with Crippen molar-refractivity contribution in [3.05, 3.63) is 88.8 Å². The number of pyridine rings is 1. The molecular weight excluding hydrogens is 612 g/mol. The number of dihydropyridines is 1. The first-order chi connectivity index (χ1) is 24.0. The maximum Gasteiger partial charge on any atom is 0.203 e.